The standard InChI is InChI=1S/C13H19NO2/c1-11(16)12-7-3-4-8-13(12)14-9-5-2-6-10-15/h3-4,7-8,14-15H,2,5-6,9-10H2,1H3. The van der Waals surface area contributed by atoms with Crippen LogP contribution >= 0.6 is 0 Å². The summed E-state index contributed by atoms with van der Waals surface area (Å²) >= 11 is 0. The van der Waals surface area contributed by atoms with E-state index in [0.717, 1.165) is 37.1 Å². The van der Waals surface area contributed by atoms with Gasteiger partial charge in [-0.3, -0.25) is 4.79 Å². The van der Waals surface area contributed by atoms with Crippen LogP contribution in [-0.2, 0) is 0 Å². The first-order valence-corrected chi connectivity index (χ1v) is 5.70. The Labute approximate surface area is 96.5 Å². The molecule has 1 rings (SSSR count). The molecular formula is C13H19NO2. The number of benzene rings is 1. The van der Waals surface area contributed by atoms with Gasteiger partial charge >= 0.3 is 0 Å². The highest BCUT2D eigenvalue weighted by Gasteiger charge is 2.04. The number of ketones is 1. The summed E-state index contributed by atoms with van der Waals surface area (Å²) < 4.78 is 0. The van der Waals surface area contributed by atoms with Gasteiger partial charge in [0.2, 0.25) is 0 Å². The molecule has 0 aliphatic carbocycles. The first kappa shape index (κ1) is 12.7. The van der Waals surface area contributed by atoms with Crippen LogP contribution in [0.3, 0.4) is 0 Å². The number of aliphatic hydroxyl groups is 1. The molecule has 0 saturated heterocycles. The Morgan fingerprint density at radius 2 is 2.00 bits per heavy atom. The molecule has 88 valence electrons. The third kappa shape index (κ3) is 4.03. The maximum absolute atomic E-state index is 11.3. The quantitative estimate of drug-likeness (QED) is 0.549. The first-order chi connectivity index (χ1) is 7.75. The van der Waals surface area contributed by atoms with Crippen molar-refractivity contribution in [2.24, 2.45) is 0 Å². The average molecular weight is 221 g/mol. The molecule has 3 nitrogen and oxygen atoms in total. The molecule has 0 heterocycles. The highest BCUT2D eigenvalue weighted by molar-refractivity contribution is 5.99. The second-order valence-corrected chi connectivity index (χ2v) is 3.81. The van der Waals surface area contributed by atoms with Gasteiger partial charge < -0.3 is 10.4 Å². The topological polar surface area (TPSA) is 49.3 Å². The van der Waals surface area contributed by atoms with Gasteiger partial charge in [-0.15, -0.1) is 0 Å². The summed E-state index contributed by atoms with van der Waals surface area (Å²) in [4.78, 5) is 11.3. The summed E-state index contributed by atoms with van der Waals surface area (Å²) in [6, 6.07) is 7.54. The molecular weight excluding hydrogens is 202 g/mol. The molecule has 1 aromatic rings. The van der Waals surface area contributed by atoms with E-state index in [2.05, 4.69) is 5.32 Å². The molecule has 0 aliphatic heterocycles. The van der Waals surface area contributed by atoms with E-state index in [9.17, 15) is 4.79 Å². The lowest BCUT2D eigenvalue weighted by atomic mass is 10.1. The van der Waals surface area contributed by atoms with Crippen LogP contribution < -0.4 is 5.32 Å². The smallest absolute Gasteiger partial charge is 0.161 e. The zero-order valence-electron chi connectivity index (χ0n) is 9.70. The van der Waals surface area contributed by atoms with Crippen molar-refractivity contribution in [3.63, 3.8) is 0 Å². The van der Waals surface area contributed by atoms with Crippen molar-refractivity contribution in [2.75, 3.05) is 18.5 Å². The molecule has 0 aromatic heterocycles. The fraction of sp³-hybridized carbons (Fsp3) is 0.462. The third-order valence-corrected chi connectivity index (χ3v) is 2.46. The van der Waals surface area contributed by atoms with E-state index in [1.807, 2.05) is 24.3 Å². The van der Waals surface area contributed by atoms with Crippen molar-refractivity contribution in [1.82, 2.24) is 0 Å². The Morgan fingerprint density at radius 1 is 1.25 bits per heavy atom. The van der Waals surface area contributed by atoms with Crippen LogP contribution in [-0.4, -0.2) is 24.0 Å². The second-order valence-electron chi connectivity index (χ2n) is 3.81. The van der Waals surface area contributed by atoms with Gasteiger partial charge in [0, 0.05) is 24.4 Å². The van der Waals surface area contributed by atoms with Gasteiger partial charge in [0.05, 0.1) is 0 Å². The summed E-state index contributed by atoms with van der Waals surface area (Å²) in [5.41, 5.74) is 1.64. The Balaban J connectivity index is 2.44. The van der Waals surface area contributed by atoms with Crippen LogP contribution in [0.2, 0.25) is 0 Å². The number of rotatable bonds is 7. The molecule has 0 bridgehead atoms. The SMILES string of the molecule is CC(=O)c1ccccc1NCCCCCO. The van der Waals surface area contributed by atoms with E-state index >= 15 is 0 Å². The van der Waals surface area contributed by atoms with E-state index < -0.39 is 0 Å². The number of para-hydroxylation sites is 1. The molecule has 0 atom stereocenters. The summed E-state index contributed by atoms with van der Waals surface area (Å²) in [6.07, 6.45) is 2.86. The predicted molar refractivity (Wildman–Crippen MR) is 65.9 cm³/mol. The normalized spacial score (nSPS) is 10.1. The number of nitrogens with one attached hydrogen (secondary N) is 1. The Morgan fingerprint density at radius 3 is 2.69 bits per heavy atom. The highest BCUT2D eigenvalue weighted by atomic mass is 16.2. The first-order valence-electron chi connectivity index (χ1n) is 5.70. The van der Waals surface area contributed by atoms with Crippen LogP contribution in [0.1, 0.15) is 36.5 Å². The van der Waals surface area contributed by atoms with Gasteiger partial charge in [-0.2, -0.15) is 0 Å². The zero-order valence-corrected chi connectivity index (χ0v) is 9.70. The van der Waals surface area contributed by atoms with Crippen LogP contribution in [0.25, 0.3) is 0 Å². The second kappa shape index (κ2) is 7.01. The van der Waals surface area contributed by atoms with Crippen molar-refractivity contribution in [3.8, 4) is 0 Å². The summed E-state index contributed by atoms with van der Waals surface area (Å²) in [5.74, 6) is 0.0819. The van der Waals surface area contributed by atoms with Crippen LogP contribution in [0.5, 0.6) is 0 Å². The van der Waals surface area contributed by atoms with Crippen molar-refractivity contribution >= 4 is 11.5 Å². The number of carbonyl (C=O) groups is 1. The molecule has 0 unspecified atom stereocenters. The van der Waals surface area contributed by atoms with Crippen molar-refractivity contribution in [1.29, 1.82) is 0 Å². The lowest BCUT2D eigenvalue weighted by Crippen LogP contribution is -2.06. The molecule has 0 aliphatic rings. The summed E-state index contributed by atoms with van der Waals surface area (Å²) in [5, 5.41) is 11.9. The maximum atomic E-state index is 11.3. The molecule has 0 saturated carbocycles. The number of anilines is 1. The molecule has 3 heteroatoms. The number of Topliss-reactive ketones (excluding diaryl/α,β-unsaturated/α-hetero) is 1. The van der Waals surface area contributed by atoms with E-state index in [1.165, 1.54) is 0 Å². The number of carbonyl (C=O) groups excluding carboxylic acids is 1. The van der Waals surface area contributed by atoms with Gasteiger partial charge in [0.1, 0.15) is 0 Å². The average Bonchev–Trinajstić information content (AvgIpc) is 2.29. The number of hydrogen-bond donors (Lipinski definition) is 2. The lowest BCUT2D eigenvalue weighted by Gasteiger charge is -2.09. The van der Waals surface area contributed by atoms with Crippen molar-refractivity contribution < 1.29 is 9.90 Å². The van der Waals surface area contributed by atoms with Gasteiger partial charge in [0.15, 0.2) is 5.78 Å². The minimum atomic E-state index is 0.0819. The highest BCUT2D eigenvalue weighted by Crippen LogP contribution is 2.15. The molecule has 0 radical (unpaired) electrons. The van der Waals surface area contributed by atoms with E-state index in [1.54, 1.807) is 6.92 Å². The van der Waals surface area contributed by atoms with E-state index in [4.69, 9.17) is 5.11 Å². The van der Waals surface area contributed by atoms with Crippen LogP contribution in [0.15, 0.2) is 24.3 Å². The molecule has 2 N–H and O–H groups in total. The minimum Gasteiger partial charge on any atom is -0.396 e. The molecule has 0 amide bonds. The molecule has 0 fully saturated rings. The molecule has 16 heavy (non-hydrogen) atoms. The lowest BCUT2D eigenvalue weighted by molar-refractivity contribution is 0.101. The minimum absolute atomic E-state index is 0.0819. The fourth-order valence-electron chi connectivity index (χ4n) is 1.58. The van der Waals surface area contributed by atoms with Crippen LogP contribution in [0.4, 0.5) is 5.69 Å². The maximum Gasteiger partial charge on any atom is 0.161 e. The van der Waals surface area contributed by atoms with Gasteiger partial charge in [-0.05, 0) is 38.3 Å². The zero-order chi connectivity index (χ0) is 11.8. The van der Waals surface area contributed by atoms with Crippen molar-refractivity contribution in [2.45, 2.75) is 26.2 Å². The Kier molecular flexibility index (Phi) is 5.57. The van der Waals surface area contributed by atoms with Gasteiger partial charge in [-0.25, -0.2) is 0 Å². The molecule has 1 aromatic carbocycles. The fourth-order valence-corrected chi connectivity index (χ4v) is 1.58. The monoisotopic (exact) mass is 221 g/mol. The third-order valence-electron chi connectivity index (χ3n) is 2.46. The number of hydrogen-bond acceptors (Lipinski definition) is 3. The number of aliphatic hydroxyl groups excluding tert-OH is 1. The largest absolute Gasteiger partial charge is 0.396 e. The van der Waals surface area contributed by atoms with Crippen LogP contribution in [0, 0.1) is 0 Å². The van der Waals surface area contributed by atoms with Crippen molar-refractivity contribution in [3.05, 3.63) is 29.8 Å². The van der Waals surface area contributed by atoms with E-state index in [-0.39, 0.29) is 12.4 Å². The van der Waals surface area contributed by atoms with E-state index in [0.29, 0.717) is 0 Å². The predicted octanol–water partition coefficient (Wildman–Crippen LogP) is 2.46. The Bertz CT molecular complexity index is 336. The van der Waals surface area contributed by atoms with Gasteiger partial charge in [-0.1, -0.05) is 12.1 Å². The summed E-state index contributed by atoms with van der Waals surface area (Å²) in [6.45, 7) is 2.67. The van der Waals surface area contributed by atoms with Gasteiger partial charge in [0.25, 0.3) is 0 Å². The Hall–Kier alpha value is -1.35. The molecule has 0 spiro atoms. The number of unbranched alkanes of at least 4 members (excludes halogenated alkanes) is 2. The summed E-state index contributed by atoms with van der Waals surface area (Å²) in [7, 11) is 0.